The van der Waals surface area contributed by atoms with Crippen LogP contribution in [0.4, 0.5) is 0 Å². The van der Waals surface area contributed by atoms with Crippen molar-refractivity contribution in [3.63, 3.8) is 0 Å². The summed E-state index contributed by atoms with van der Waals surface area (Å²) < 4.78 is 0. The Kier molecular flexibility index (Phi) is 3.18. The van der Waals surface area contributed by atoms with Crippen LogP contribution >= 0.6 is 0 Å². The molecule has 1 aromatic carbocycles. The summed E-state index contributed by atoms with van der Waals surface area (Å²) in [7, 11) is 0. The second-order valence-corrected chi connectivity index (χ2v) is 6.15. The van der Waals surface area contributed by atoms with Crippen molar-refractivity contribution in [2.75, 3.05) is 19.6 Å². The summed E-state index contributed by atoms with van der Waals surface area (Å²) in [5, 5.41) is 11.7. The highest BCUT2D eigenvalue weighted by Crippen LogP contribution is 2.26. The Hall–Kier alpha value is -2.21. The number of aromatic nitrogens is 3. The van der Waals surface area contributed by atoms with Crippen LogP contribution in [0, 0.1) is 12.8 Å². The molecule has 0 radical (unpaired) electrons. The Morgan fingerprint density at radius 2 is 2.14 bits per heavy atom. The highest BCUT2D eigenvalue weighted by Gasteiger charge is 2.37. The smallest absolute Gasteiger partial charge is 0.256 e. The molecular weight excluding hydrogens is 278 g/mol. The summed E-state index contributed by atoms with van der Waals surface area (Å²) in [6, 6.07) is 6.29. The van der Waals surface area contributed by atoms with E-state index >= 15 is 0 Å². The lowest BCUT2D eigenvalue weighted by Crippen LogP contribution is -2.62. The molecule has 0 aliphatic carbocycles. The fourth-order valence-electron chi connectivity index (χ4n) is 3.31. The van der Waals surface area contributed by atoms with Gasteiger partial charge in [-0.3, -0.25) is 4.79 Å². The van der Waals surface area contributed by atoms with Crippen molar-refractivity contribution < 1.29 is 4.79 Å². The summed E-state index contributed by atoms with van der Waals surface area (Å²) >= 11 is 0. The molecule has 6 heteroatoms. The van der Waals surface area contributed by atoms with Crippen LogP contribution in [0.3, 0.4) is 0 Å². The van der Waals surface area contributed by atoms with Crippen LogP contribution in [0.5, 0.6) is 0 Å². The average Bonchev–Trinajstić information content (AvgIpc) is 3.02. The predicted molar refractivity (Wildman–Crippen MR) is 81.9 cm³/mol. The fourth-order valence-corrected chi connectivity index (χ4v) is 3.31. The SMILES string of the molecule is Cc1ccc(-n2nccn2)c(C(=O)N2CC[C@H]3CN[C@H]3C2)c1. The largest absolute Gasteiger partial charge is 0.337 e. The van der Waals surface area contributed by atoms with Gasteiger partial charge in [-0.2, -0.15) is 15.0 Å². The number of fused-ring (bicyclic) bond motifs is 1. The van der Waals surface area contributed by atoms with Crippen LogP contribution in [0.15, 0.2) is 30.6 Å². The molecule has 2 saturated heterocycles. The van der Waals surface area contributed by atoms with Gasteiger partial charge in [0.2, 0.25) is 0 Å². The van der Waals surface area contributed by atoms with Gasteiger partial charge in [0.1, 0.15) is 0 Å². The third-order valence-corrected chi connectivity index (χ3v) is 4.70. The van der Waals surface area contributed by atoms with Crippen LogP contribution in [0.2, 0.25) is 0 Å². The minimum atomic E-state index is 0.0724. The molecule has 22 heavy (non-hydrogen) atoms. The molecule has 3 heterocycles. The monoisotopic (exact) mass is 297 g/mol. The molecule has 2 aliphatic rings. The maximum atomic E-state index is 13.0. The van der Waals surface area contributed by atoms with Crippen LogP contribution in [-0.4, -0.2) is 51.5 Å². The number of likely N-dealkylation sites (tertiary alicyclic amines) is 1. The number of hydrogen-bond donors (Lipinski definition) is 1. The second kappa shape index (κ2) is 5.21. The van der Waals surface area contributed by atoms with E-state index in [-0.39, 0.29) is 5.91 Å². The molecule has 2 aliphatic heterocycles. The van der Waals surface area contributed by atoms with Gasteiger partial charge in [-0.05, 0) is 37.9 Å². The van der Waals surface area contributed by atoms with Gasteiger partial charge in [0.05, 0.1) is 23.6 Å². The van der Waals surface area contributed by atoms with E-state index < -0.39 is 0 Å². The number of nitrogens with one attached hydrogen (secondary N) is 1. The van der Waals surface area contributed by atoms with Crippen LogP contribution in [0.1, 0.15) is 22.3 Å². The number of aryl methyl sites for hydroxylation is 1. The van der Waals surface area contributed by atoms with Gasteiger partial charge in [-0.25, -0.2) is 0 Å². The molecule has 1 N–H and O–H groups in total. The Bertz CT molecular complexity index is 697. The van der Waals surface area contributed by atoms with E-state index in [1.165, 1.54) is 4.80 Å². The van der Waals surface area contributed by atoms with Gasteiger partial charge in [0.15, 0.2) is 0 Å². The van der Waals surface area contributed by atoms with Crippen molar-refractivity contribution in [3.8, 4) is 5.69 Å². The van der Waals surface area contributed by atoms with Crippen LogP contribution in [-0.2, 0) is 0 Å². The standard InChI is InChI=1S/C16H19N5O/c1-11-2-3-15(21-18-5-6-19-21)13(8-11)16(22)20-7-4-12-9-17-14(12)10-20/h2-3,5-6,8,12,14,17H,4,7,9-10H2,1H3/t12-,14-/m0/s1. The van der Waals surface area contributed by atoms with Gasteiger partial charge >= 0.3 is 0 Å². The lowest BCUT2D eigenvalue weighted by Gasteiger charge is -2.46. The average molecular weight is 297 g/mol. The lowest BCUT2D eigenvalue weighted by molar-refractivity contribution is 0.0518. The Morgan fingerprint density at radius 3 is 2.82 bits per heavy atom. The molecule has 114 valence electrons. The molecule has 0 unspecified atom stereocenters. The van der Waals surface area contributed by atoms with Crippen molar-refractivity contribution in [1.82, 2.24) is 25.2 Å². The van der Waals surface area contributed by atoms with Crippen molar-refractivity contribution in [2.45, 2.75) is 19.4 Å². The van der Waals surface area contributed by atoms with E-state index in [1.54, 1.807) is 12.4 Å². The maximum absolute atomic E-state index is 13.0. The number of nitrogens with zero attached hydrogens (tertiary/aromatic N) is 4. The summed E-state index contributed by atoms with van der Waals surface area (Å²) in [6.07, 6.45) is 4.33. The molecule has 6 nitrogen and oxygen atoms in total. The first-order valence-corrected chi connectivity index (χ1v) is 7.72. The van der Waals surface area contributed by atoms with Gasteiger partial charge in [-0.15, -0.1) is 0 Å². The molecule has 2 aromatic rings. The number of hydrogen-bond acceptors (Lipinski definition) is 4. The fraction of sp³-hybridized carbons (Fsp3) is 0.438. The lowest BCUT2D eigenvalue weighted by atomic mass is 9.85. The van der Waals surface area contributed by atoms with E-state index in [2.05, 4.69) is 15.5 Å². The zero-order chi connectivity index (χ0) is 15.1. The van der Waals surface area contributed by atoms with E-state index in [9.17, 15) is 4.79 Å². The van der Waals surface area contributed by atoms with Crippen molar-refractivity contribution >= 4 is 5.91 Å². The number of piperidine rings is 1. The molecule has 4 rings (SSSR count). The third-order valence-electron chi connectivity index (χ3n) is 4.70. The molecule has 0 spiro atoms. The van der Waals surface area contributed by atoms with E-state index in [0.717, 1.165) is 43.2 Å². The zero-order valence-corrected chi connectivity index (χ0v) is 12.6. The minimum Gasteiger partial charge on any atom is -0.337 e. The highest BCUT2D eigenvalue weighted by molar-refractivity contribution is 5.98. The van der Waals surface area contributed by atoms with Gasteiger partial charge in [0.25, 0.3) is 5.91 Å². The first-order valence-electron chi connectivity index (χ1n) is 7.72. The predicted octanol–water partition coefficient (Wildman–Crippen LogP) is 1.01. The highest BCUT2D eigenvalue weighted by atomic mass is 16.2. The molecule has 1 amide bonds. The number of benzene rings is 1. The number of carbonyl (C=O) groups is 1. The van der Waals surface area contributed by atoms with Crippen molar-refractivity contribution in [1.29, 1.82) is 0 Å². The Morgan fingerprint density at radius 1 is 1.32 bits per heavy atom. The van der Waals surface area contributed by atoms with Gasteiger partial charge in [-0.1, -0.05) is 11.6 Å². The second-order valence-electron chi connectivity index (χ2n) is 6.15. The molecule has 2 fully saturated rings. The Balaban J connectivity index is 1.66. The maximum Gasteiger partial charge on any atom is 0.256 e. The van der Waals surface area contributed by atoms with E-state index in [1.807, 2.05) is 30.0 Å². The van der Waals surface area contributed by atoms with Gasteiger partial charge < -0.3 is 10.2 Å². The van der Waals surface area contributed by atoms with Gasteiger partial charge in [0, 0.05) is 19.1 Å². The quantitative estimate of drug-likeness (QED) is 0.898. The first-order chi connectivity index (χ1) is 10.7. The zero-order valence-electron chi connectivity index (χ0n) is 12.6. The summed E-state index contributed by atoms with van der Waals surface area (Å²) in [5.41, 5.74) is 2.48. The normalized spacial score (nSPS) is 23.8. The van der Waals surface area contributed by atoms with Crippen molar-refractivity contribution in [2.24, 2.45) is 5.92 Å². The molecule has 0 saturated carbocycles. The summed E-state index contributed by atoms with van der Waals surface area (Å²) in [6.45, 7) is 4.72. The first kappa shape index (κ1) is 13.5. The number of carbonyl (C=O) groups excluding carboxylic acids is 1. The third kappa shape index (κ3) is 2.20. The molecular formula is C16H19N5O. The summed E-state index contributed by atoms with van der Waals surface area (Å²) in [4.78, 5) is 16.4. The molecule has 2 atom stereocenters. The molecule has 1 aromatic heterocycles. The van der Waals surface area contributed by atoms with Crippen LogP contribution in [0.25, 0.3) is 5.69 Å². The van der Waals surface area contributed by atoms with E-state index in [0.29, 0.717) is 11.6 Å². The van der Waals surface area contributed by atoms with Crippen molar-refractivity contribution in [3.05, 3.63) is 41.7 Å². The summed E-state index contributed by atoms with van der Waals surface area (Å²) in [5.74, 6) is 0.817. The minimum absolute atomic E-state index is 0.0724. The van der Waals surface area contributed by atoms with E-state index in [4.69, 9.17) is 0 Å². The topological polar surface area (TPSA) is 63.1 Å². The molecule has 0 bridgehead atoms. The number of rotatable bonds is 2. The number of amides is 1. The Labute approximate surface area is 129 Å². The van der Waals surface area contributed by atoms with Crippen LogP contribution < -0.4 is 5.32 Å².